The van der Waals surface area contributed by atoms with Crippen LogP contribution in [0.15, 0.2) is 18.5 Å². The Balaban J connectivity index is 2.44. The molecule has 0 radical (unpaired) electrons. The molecule has 0 aromatic carbocycles. The number of hydrogen-bond donors (Lipinski definition) is 2. The third-order valence-electron chi connectivity index (χ3n) is 2.59. The first-order valence-electron chi connectivity index (χ1n) is 5.64. The van der Waals surface area contributed by atoms with E-state index in [-0.39, 0.29) is 11.9 Å². The molecule has 5 heteroatoms. The third-order valence-corrected chi connectivity index (χ3v) is 2.59. The average Bonchev–Trinajstić information content (AvgIpc) is 2.77. The van der Waals surface area contributed by atoms with Crippen molar-refractivity contribution in [3.8, 4) is 6.07 Å². The molecule has 0 aliphatic carbocycles. The van der Waals surface area contributed by atoms with Crippen molar-refractivity contribution in [3.05, 3.63) is 24.0 Å². The lowest BCUT2D eigenvalue weighted by atomic mass is 10.2. The van der Waals surface area contributed by atoms with E-state index < -0.39 is 0 Å². The molecule has 1 unspecified atom stereocenters. The van der Waals surface area contributed by atoms with Gasteiger partial charge in [0.05, 0.1) is 12.5 Å². The number of aromatic nitrogens is 1. The lowest BCUT2D eigenvalue weighted by molar-refractivity contribution is -0.121. The van der Waals surface area contributed by atoms with Gasteiger partial charge in [0.1, 0.15) is 6.54 Å². The van der Waals surface area contributed by atoms with Gasteiger partial charge in [-0.3, -0.25) is 4.79 Å². The molecule has 0 spiro atoms. The van der Waals surface area contributed by atoms with Crippen LogP contribution in [0.5, 0.6) is 0 Å². The summed E-state index contributed by atoms with van der Waals surface area (Å²) in [4.78, 5) is 11.5. The number of amides is 1. The van der Waals surface area contributed by atoms with E-state index in [1.807, 2.05) is 36.1 Å². The van der Waals surface area contributed by atoms with Crippen molar-refractivity contribution in [3.63, 3.8) is 0 Å². The summed E-state index contributed by atoms with van der Waals surface area (Å²) in [6.45, 7) is 2.77. The highest BCUT2D eigenvalue weighted by molar-refractivity contribution is 5.75. The molecule has 17 heavy (non-hydrogen) atoms. The van der Waals surface area contributed by atoms with Gasteiger partial charge in [0.15, 0.2) is 0 Å². The van der Waals surface area contributed by atoms with Gasteiger partial charge >= 0.3 is 0 Å². The fraction of sp³-hybridized carbons (Fsp3) is 0.500. The lowest BCUT2D eigenvalue weighted by Crippen LogP contribution is -2.27. The van der Waals surface area contributed by atoms with Crippen LogP contribution in [0.3, 0.4) is 0 Å². The summed E-state index contributed by atoms with van der Waals surface area (Å²) in [5.41, 5.74) is 1.15. The maximum Gasteiger partial charge on any atom is 0.239 e. The van der Waals surface area contributed by atoms with Crippen LogP contribution in [0.25, 0.3) is 0 Å². The Morgan fingerprint density at radius 2 is 2.41 bits per heavy atom. The average molecular weight is 234 g/mol. The van der Waals surface area contributed by atoms with Crippen molar-refractivity contribution in [2.45, 2.75) is 25.9 Å². The van der Waals surface area contributed by atoms with Crippen molar-refractivity contribution in [2.75, 3.05) is 13.6 Å². The standard InChI is InChI=1S/C12H18N4O/c1-10(14-2)11-4-7-16(8-11)9-12(17)15-6-3-5-13/h4,7-8,10,14H,3,6,9H2,1-2H3,(H,15,17). The summed E-state index contributed by atoms with van der Waals surface area (Å²) in [5.74, 6) is -0.0699. The summed E-state index contributed by atoms with van der Waals surface area (Å²) < 4.78 is 1.84. The molecule has 0 aliphatic heterocycles. The second-order valence-corrected chi connectivity index (χ2v) is 3.89. The number of nitrogens with one attached hydrogen (secondary N) is 2. The molecular weight excluding hydrogens is 216 g/mol. The smallest absolute Gasteiger partial charge is 0.239 e. The summed E-state index contributed by atoms with van der Waals surface area (Å²) in [6.07, 6.45) is 4.18. The Hall–Kier alpha value is -1.80. The largest absolute Gasteiger partial charge is 0.354 e. The van der Waals surface area contributed by atoms with Crippen molar-refractivity contribution in [1.29, 1.82) is 5.26 Å². The molecule has 0 saturated carbocycles. The number of rotatable bonds is 6. The molecule has 1 heterocycles. The molecule has 1 rings (SSSR count). The van der Waals surface area contributed by atoms with E-state index in [0.717, 1.165) is 5.56 Å². The summed E-state index contributed by atoms with van der Waals surface area (Å²) >= 11 is 0. The second-order valence-electron chi connectivity index (χ2n) is 3.89. The fourth-order valence-electron chi connectivity index (χ4n) is 1.46. The molecular formula is C12H18N4O. The van der Waals surface area contributed by atoms with Crippen LogP contribution in [0.4, 0.5) is 0 Å². The minimum Gasteiger partial charge on any atom is -0.354 e. The molecule has 0 aliphatic rings. The predicted molar refractivity (Wildman–Crippen MR) is 65.1 cm³/mol. The highest BCUT2D eigenvalue weighted by Crippen LogP contribution is 2.11. The number of nitriles is 1. The van der Waals surface area contributed by atoms with Crippen LogP contribution >= 0.6 is 0 Å². The molecule has 0 fully saturated rings. The van der Waals surface area contributed by atoms with Gasteiger partial charge in [-0.15, -0.1) is 0 Å². The monoisotopic (exact) mass is 234 g/mol. The van der Waals surface area contributed by atoms with Crippen LogP contribution in [0.1, 0.15) is 24.9 Å². The normalized spacial score (nSPS) is 11.8. The third kappa shape index (κ3) is 4.29. The molecule has 1 atom stereocenters. The second kappa shape index (κ2) is 6.71. The van der Waals surface area contributed by atoms with Gasteiger partial charge in [-0.25, -0.2) is 0 Å². The van der Waals surface area contributed by atoms with Gasteiger partial charge in [-0.2, -0.15) is 5.26 Å². The maximum atomic E-state index is 11.5. The Kier molecular flexibility index (Phi) is 5.24. The number of carbonyl (C=O) groups is 1. The fourth-order valence-corrected chi connectivity index (χ4v) is 1.46. The Labute approximate surface area is 101 Å². The SMILES string of the molecule is CNC(C)c1ccn(CC(=O)NCCC#N)c1. The Morgan fingerprint density at radius 3 is 3.06 bits per heavy atom. The van der Waals surface area contributed by atoms with Crippen molar-refractivity contribution < 1.29 is 4.79 Å². The van der Waals surface area contributed by atoms with E-state index >= 15 is 0 Å². The molecule has 1 amide bonds. The lowest BCUT2D eigenvalue weighted by Gasteiger charge is -2.07. The van der Waals surface area contributed by atoms with Gasteiger partial charge < -0.3 is 15.2 Å². The molecule has 0 saturated heterocycles. The molecule has 0 bridgehead atoms. The van der Waals surface area contributed by atoms with E-state index in [4.69, 9.17) is 5.26 Å². The first-order valence-corrected chi connectivity index (χ1v) is 5.64. The highest BCUT2D eigenvalue weighted by atomic mass is 16.1. The van der Waals surface area contributed by atoms with Gasteiger partial charge in [0.2, 0.25) is 5.91 Å². The molecule has 1 aromatic heterocycles. The number of carbonyl (C=O) groups excluding carboxylic acids is 1. The molecule has 1 aromatic rings. The van der Waals surface area contributed by atoms with Crippen LogP contribution in [0.2, 0.25) is 0 Å². The summed E-state index contributed by atoms with van der Waals surface area (Å²) in [7, 11) is 1.90. The van der Waals surface area contributed by atoms with Crippen LogP contribution < -0.4 is 10.6 Å². The summed E-state index contributed by atoms with van der Waals surface area (Å²) in [6, 6.07) is 4.25. The first-order chi connectivity index (χ1) is 8.17. The minimum atomic E-state index is -0.0699. The van der Waals surface area contributed by atoms with E-state index in [0.29, 0.717) is 19.5 Å². The van der Waals surface area contributed by atoms with Gasteiger partial charge in [0, 0.05) is 25.0 Å². The Bertz CT molecular complexity index is 405. The number of nitrogens with zero attached hydrogens (tertiary/aromatic N) is 2. The van der Waals surface area contributed by atoms with Crippen LogP contribution in [-0.4, -0.2) is 24.1 Å². The van der Waals surface area contributed by atoms with Crippen LogP contribution in [0, 0.1) is 11.3 Å². The minimum absolute atomic E-state index is 0.0699. The van der Waals surface area contributed by atoms with E-state index in [9.17, 15) is 4.79 Å². The zero-order valence-electron chi connectivity index (χ0n) is 10.2. The summed E-state index contributed by atoms with van der Waals surface area (Å²) in [5, 5.41) is 14.2. The zero-order valence-corrected chi connectivity index (χ0v) is 10.2. The topological polar surface area (TPSA) is 69.8 Å². The van der Waals surface area contributed by atoms with Crippen molar-refractivity contribution >= 4 is 5.91 Å². The zero-order chi connectivity index (χ0) is 12.7. The number of hydrogen-bond acceptors (Lipinski definition) is 3. The maximum absolute atomic E-state index is 11.5. The quantitative estimate of drug-likeness (QED) is 0.715. The van der Waals surface area contributed by atoms with E-state index in [1.165, 1.54) is 0 Å². The van der Waals surface area contributed by atoms with Gasteiger partial charge in [-0.05, 0) is 25.6 Å². The molecule has 2 N–H and O–H groups in total. The molecule has 92 valence electrons. The van der Waals surface area contributed by atoms with Crippen molar-refractivity contribution in [2.24, 2.45) is 0 Å². The predicted octanol–water partition coefficient (Wildman–Crippen LogP) is 0.798. The highest BCUT2D eigenvalue weighted by Gasteiger charge is 2.06. The Morgan fingerprint density at radius 1 is 1.65 bits per heavy atom. The van der Waals surface area contributed by atoms with E-state index in [2.05, 4.69) is 17.6 Å². The van der Waals surface area contributed by atoms with E-state index in [1.54, 1.807) is 0 Å². The van der Waals surface area contributed by atoms with Crippen LogP contribution in [-0.2, 0) is 11.3 Å². The van der Waals surface area contributed by atoms with Crippen molar-refractivity contribution in [1.82, 2.24) is 15.2 Å². The molecule has 5 nitrogen and oxygen atoms in total. The van der Waals surface area contributed by atoms with Gasteiger partial charge in [0.25, 0.3) is 0 Å². The first kappa shape index (κ1) is 13.3. The van der Waals surface area contributed by atoms with Gasteiger partial charge in [-0.1, -0.05) is 0 Å².